The van der Waals surface area contributed by atoms with Crippen LogP contribution in [0.25, 0.3) is 0 Å². The van der Waals surface area contributed by atoms with Gasteiger partial charge in [0.1, 0.15) is 5.25 Å². The van der Waals surface area contributed by atoms with Crippen LogP contribution in [0, 0.1) is 0 Å². The largest absolute Gasteiger partial charge is 0.350 e. The minimum atomic E-state index is -3.57. The number of nitrogens with one attached hydrogen (secondary N) is 1. The molecule has 0 saturated heterocycles. The topological polar surface area (TPSA) is 63.2 Å². The van der Waals surface area contributed by atoms with Gasteiger partial charge in [-0.15, -0.1) is 0 Å². The zero-order chi connectivity index (χ0) is 15.6. The standard InChI is InChI=1S/C14H20ClNO3S/c1-10(13(17)16-14(2,3)4)20(18,19)9-11-6-5-7-12(15)8-11/h5-8,10H,9H2,1-4H3,(H,16,17). The SMILES string of the molecule is CC(C(=O)NC(C)(C)C)S(=O)(=O)Cc1cccc(Cl)c1. The van der Waals surface area contributed by atoms with Gasteiger partial charge in [0.15, 0.2) is 9.84 Å². The molecule has 0 aliphatic rings. The van der Waals surface area contributed by atoms with Crippen LogP contribution in [0.3, 0.4) is 0 Å². The first kappa shape index (κ1) is 17.0. The summed E-state index contributed by atoms with van der Waals surface area (Å²) in [5.41, 5.74) is 0.115. The Labute approximate surface area is 125 Å². The van der Waals surface area contributed by atoms with Crippen LogP contribution in [-0.2, 0) is 20.4 Å². The van der Waals surface area contributed by atoms with E-state index >= 15 is 0 Å². The highest BCUT2D eigenvalue weighted by atomic mass is 35.5. The molecule has 0 saturated carbocycles. The Hall–Kier alpha value is -1.07. The lowest BCUT2D eigenvalue weighted by Crippen LogP contribution is -2.47. The van der Waals surface area contributed by atoms with E-state index in [2.05, 4.69) is 5.32 Å². The Morgan fingerprint density at radius 1 is 1.35 bits per heavy atom. The Kier molecular flexibility index (Phi) is 5.21. The summed E-state index contributed by atoms with van der Waals surface area (Å²) in [6, 6.07) is 6.63. The third kappa shape index (κ3) is 5.13. The van der Waals surface area contributed by atoms with Gasteiger partial charge in [-0.1, -0.05) is 23.7 Å². The molecule has 0 fully saturated rings. The van der Waals surface area contributed by atoms with E-state index in [9.17, 15) is 13.2 Å². The maximum atomic E-state index is 12.2. The normalized spacial score (nSPS) is 13.8. The molecule has 1 atom stereocenters. The zero-order valence-electron chi connectivity index (χ0n) is 12.1. The van der Waals surface area contributed by atoms with E-state index in [-0.39, 0.29) is 5.75 Å². The van der Waals surface area contributed by atoms with E-state index in [4.69, 9.17) is 11.6 Å². The monoisotopic (exact) mass is 317 g/mol. The van der Waals surface area contributed by atoms with Crippen LogP contribution < -0.4 is 5.32 Å². The Bertz CT molecular complexity index is 591. The van der Waals surface area contributed by atoms with Gasteiger partial charge in [0.2, 0.25) is 5.91 Å². The van der Waals surface area contributed by atoms with Crippen molar-refractivity contribution in [1.82, 2.24) is 5.32 Å². The number of rotatable bonds is 4. The number of sulfone groups is 1. The van der Waals surface area contributed by atoms with Crippen LogP contribution in [0.2, 0.25) is 5.02 Å². The maximum Gasteiger partial charge on any atom is 0.238 e. The molecule has 0 aliphatic carbocycles. The first-order valence-electron chi connectivity index (χ1n) is 6.29. The molecule has 1 rings (SSSR count). The van der Waals surface area contributed by atoms with Crippen molar-refractivity contribution in [1.29, 1.82) is 0 Å². The molecular weight excluding hydrogens is 298 g/mol. The second kappa shape index (κ2) is 6.14. The van der Waals surface area contributed by atoms with Crippen molar-refractivity contribution in [2.24, 2.45) is 0 Å². The van der Waals surface area contributed by atoms with Gasteiger partial charge in [0.25, 0.3) is 0 Å². The highest BCUT2D eigenvalue weighted by Gasteiger charge is 2.30. The Morgan fingerprint density at radius 3 is 2.45 bits per heavy atom. The maximum absolute atomic E-state index is 12.2. The number of amides is 1. The second-order valence-electron chi connectivity index (χ2n) is 5.82. The number of carbonyl (C=O) groups is 1. The van der Waals surface area contributed by atoms with Crippen molar-refractivity contribution in [3.05, 3.63) is 34.9 Å². The summed E-state index contributed by atoms with van der Waals surface area (Å²) in [5, 5.41) is 2.06. The lowest BCUT2D eigenvalue weighted by Gasteiger charge is -2.23. The van der Waals surface area contributed by atoms with Gasteiger partial charge in [0.05, 0.1) is 5.75 Å². The molecule has 0 aliphatic heterocycles. The fraction of sp³-hybridized carbons (Fsp3) is 0.500. The molecule has 20 heavy (non-hydrogen) atoms. The smallest absolute Gasteiger partial charge is 0.238 e. The van der Waals surface area contributed by atoms with E-state index in [1.54, 1.807) is 45.0 Å². The van der Waals surface area contributed by atoms with Crippen LogP contribution in [0.15, 0.2) is 24.3 Å². The summed E-state index contributed by atoms with van der Waals surface area (Å²) >= 11 is 5.83. The summed E-state index contributed by atoms with van der Waals surface area (Å²) in [6.07, 6.45) is 0. The summed E-state index contributed by atoms with van der Waals surface area (Å²) in [5.74, 6) is -0.689. The minimum Gasteiger partial charge on any atom is -0.350 e. The number of carbonyl (C=O) groups excluding carboxylic acids is 1. The van der Waals surface area contributed by atoms with Crippen LogP contribution in [0.1, 0.15) is 33.3 Å². The van der Waals surface area contributed by atoms with Crippen molar-refractivity contribution < 1.29 is 13.2 Å². The van der Waals surface area contributed by atoms with Gasteiger partial charge < -0.3 is 5.32 Å². The molecule has 1 unspecified atom stereocenters. The van der Waals surface area contributed by atoms with Crippen LogP contribution in [-0.4, -0.2) is 25.1 Å². The third-order valence-electron chi connectivity index (χ3n) is 2.66. The molecule has 112 valence electrons. The molecule has 1 N–H and O–H groups in total. The summed E-state index contributed by atoms with van der Waals surface area (Å²) in [7, 11) is -3.57. The molecule has 6 heteroatoms. The predicted molar refractivity (Wildman–Crippen MR) is 81.4 cm³/mol. The van der Waals surface area contributed by atoms with Gasteiger partial charge in [-0.25, -0.2) is 8.42 Å². The van der Waals surface area contributed by atoms with E-state index in [0.29, 0.717) is 10.6 Å². The number of hydrogen-bond acceptors (Lipinski definition) is 3. The summed E-state index contributed by atoms with van der Waals surface area (Å²) in [4.78, 5) is 11.9. The first-order chi connectivity index (χ1) is 9.01. The minimum absolute atomic E-state index is 0.202. The molecule has 4 nitrogen and oxygen atoms in total. The molecule has 0 aromatic heterocycles. The molecule has 0 heterocycles. The highest BCUT2D eigenvalue weighted by molar-refractivity contribution is 7.92. The Morgan fingerprint density at radius 2 is 1.95 bits per heavy atom. The van der Waals surface area contributed by atoms with Crippen LogP contribution in [0.5, 0.6) is 0 Å². The number of halogens is 1. The molecular formula is C14H20ClNO3S. The van der Waals surface area contributed by atoms with Gasteiger partial charge in [0, 0.05) is 10.6 Å². The van der Waals surface area contributed by atoms with Crippen molar-refractivity contribution >= 4 is 27.3 Å². The van der Waals surface area contributed by atoms with Gasteiger partial charge >= 0.3 is 0 Å². The quantitative estimate of drug-likeness (QED) is 0.928. The summed E-state index contributed by atoms with van der Waals surface area (Å²) in [6.45, 7) is 6.82. The zero-order valence-corrected chi connectivity index (χ0v) is 13.7. The van der Waals surface area contributed by atoms with Gasteiger partial charge in [-0.05, 0) is 45.4 Å². The molecule has 0 spiro atoms. The van der Waals surface area contributed by atoms with Gasteiger partial charge in [-0.2, -0.15) is 0 Å². The lowest BCUT2D eigenvalue weighted by molar-refractivity contribution is -0.121. The predicted octanol–water partition coefficient (Wildman–Crippen LogP) is 2.56. The molecule has 1 amide bonds. The summed E-state index contributed by atoms with van der Waals surface area (Å²) < 4.78 is 24.5. The van der Waals surface area contributed by atoms with E-state index in [1.807, 2.05) is 0 Å². The third-order valence-corrected chi connectivity index (χ3v) is 4.93. The number of benzene rings is 1. The average molecular weight is 318 g/mol. The number of hydrogen-bond donors (Lipinski definition) is 1. The van der Waals surface area contributed by atoms with Crippen LogP contribution >= 0.6 is 11.6 Å². The van der Waals surface area contributed by atoms with Crippen molar-refractivity contribution in [2.75, 3.05) is 0 Å². The van der Waals surface area contributed by atoms with Crippen LogP contribution in [0.4, 0.5) is 0 Å². The molecule has 1 aromatic carbocycles. The average Bonchev–Trinajstić information content (AvgIpc) is 2.24. The first-order valence-corrected chi connectivity index (χ1v) is 8.39. The van der Waals surface area contributed by atoms with E-state index in [1.165, 1.54) is 6.92 Å². The Balaban J connectivity index is 2.86. The van der Waals surface area contributed by atoms with Crippen molar-refractivity contribution in [3.8, 4) is 0 Å². The van der Waals surface area contributed by atoms with E-state index in [0.717, 1.165) is 0 Å². The van der Waals surface area contributed by atoms with Crippen molar-refractivity contribution in [3.63, 3.8) is 0 Å². The highest BCUT2D eigenvalue weighted by Crippen LogP contribution is 2.16. The second-order valence-corrected chi connectivity index (χ2v) is 8.58. The van der Waals surface area contributed by atoms with Gasteiger partial charge in [-0.3, -0.25) is 4.79 Å². The lowest BCUT2D eigenvalue weighted by atomic mass is 10.1. The molecule has 0 bridgehead atoms. The van der Waals surface area contributed by atoms with Crippen molar-refractivity contribution in [2.45, 2.75) is 44.2 Å². The fourth-order valence-electron chi connectivity index (χ4n) is 1.62. The molecule has 0 radical (unpaired) electrons. The molecule has 1 aromatic rings. The van der Waals surface area contributed by atoms with E-state index < -0.39 is 26.5 Å². The fourth-order valence-corrected chi connectivity index (χ4v) is 3.11.